The van der Waals surface area contributed by atoms with Crippen molar-refractivity contribution in [2.24, 2.45) is 0 Å². The zero-order valence-electron chi connectivity index (χ0n) is 14.7. The minimum atomic E-state index is -1.01. The van der Waals surface area contributed by atoms with Crippen molar-refractivity contribution in [3.05, 3.63) is 53.1 Å². The molecule has 2 amide bonds. The number of carbonyl (C=O) groups is 2. The summed E-state index contributed by atoms with van der Waals surface area (Å²) in [5, 5.41) is 2.46. The third-order valence-corrected chi connectivity index (χ3v) is 3.58. The van der Waals surface area contributed by atoms with Crippen LogP contribution in [0, 0.1) is 11.6 Å². The minimum absolute atomic E-state index is 0.107. The summed E-state index contributed by atoms with van der Waals surface area (Å²) >= 11 is 0. The molecular weight excluding hydrogens is 346 g/mol. The maximum Gasteiger partial charge on any atom is 0.258 e. The average molecular weight is 364 g/mol. The van der Waals surface area contributed by atoms with Crippen LogP contribution < -0.4 is 14.8 Å². The van der Waals surface area contributed by atoms with Gasteiger partial charge < -0.3 is 19.7 Å². The Balaban J connectivity index is 2.49. The zero-order valence-corrected chi connectivity index (χ0v) is 14.7. The molecule has 138 valence electrons. The zero-order chi connectivity index (χ0) is 19.4. The third kappa shape index (κ3) is 3.90. The van der Waals surface area contributed by atoms with E-state index < -0.39 is 23.4 Å². The number of amides is 2. The van der Waals surface area contributed by atoms with Crippen LogP contribution in [-0.2, 0) is 0 Å². The fraction of sp³-hybridized carbons (Fsp3) is 0.222. The minimum Gasteiger partial charge on any atom is -0.493 e. The van der Waals surface area contributed by atoms with E-state index in [1.54, 1.807) is 14.1 Å². The largest absolute Gasteiger partial charge is 0.493 e. The molecule has 0 radical (unpaired) electrons. The van der Waals surface area contributed by atoms with Crippen LogP contribution in [0.4, 0.5) is 14.5 Å². The van der Waals surface area contributed by atoms with E-state index in [1.807, 2.05) is 0 Å². The molecule has 0 atom stereocenters. The van der Waals surface area contributed by atoms with Crippen molar-refractivity contribution in [2.45, 2.75) is 0 Å². The predicted octanol–water partition coefficient (Wildman–Crippen LogP) is 2.94. The Hall–Kier alpha value is -3.16. The Morgan fingerprint density at radius 2 is 1.58 bits per heavy atom. The van der Waals surface area contributed by atoms with Crippen LogP contribution in [0.1, 0.15) is 20.7 Å². The monoisotopic (exact) mass is 364 g/mol. The first-order chi connectivity index (χ1) is 12.3. The van der Waals surface area contributed by atoms with Gasteiger partial charge in [0, 0.05) is 26.2 Å². The van der Waals surface area contributed by atoms with Gasteiger partial charge in [0.15, 0.2) is 11.5 Å². The molecule has 6 nitrogen and oxygen atoms in total. The van der Waals surface area contributed by atoms with E-state index >= 15 is 0 Å². The van der Waals surface area contributed by atoms with Gasteiger partial charge in [0.2, 0.25) is 0 Å². The first-order valence-electron chi connectivity index (χ1n) is 7.52. The Kier molecular flexibility index (Phi) is 5.76. The van der Waals surface area contributed by atoms with Gasteiger partial charge in [-0.1, -0.05) is 0 Å². The number of anilines is 1. The Labute approximate surface area is 149 Å². The number of halogens is 2. The highest BCUT2D eigenvalue weighted by atomic mass is 19.1. The third-order valence-electron chi connectivity index (χ3n) is 3.58. The number of carbonyl (C=O) groups excluding carboxylic acids is 2. The lowest BCUT2D eigenvalue weighted by molar-refractivity contribution is 0.0828. The van der Waals surface area contributed by atoms with Crippen LogP contribution in [0.5, 0.6) is 11.5 Å². The highest BCUT2D eigenvalue weighted by molar-refractivity contribution is 6.09. The van der Waals surface area contributed by atoms with Crippen molar-refractivity contribution in [1.29, 1.82) is 0 Å². The van der Waals surface area contributed by atoms with Crippen molar-refractivity contribution in [3.8, 4) is 11.5 Å². The van der Waals surface area contributed by atoms with Crippen LogP contribution in [0.15, 0.2) is 30.3 Å². The summed E-state index contributed by atoms with van der Waals surface area (Å²) in [6.07, 6.45) is 0. The van der Waals surface area contributed by atoms with Crippen molar-refractivity contribution >= 4 is 17.5 Å². The molecule has 0 unspecified atom stereocenters. The second kappa shape index (κ2) is 7.81. The smallest absolute Gasteiger partial charge is 0.258 e. The summed E-state index contributed by atoms with van der Waals surface area (Å²) in [4.78, 5) is 26.1. The van der Waals surface area contributed by atoms with Crippen LogP contribution >= 0.6 is 0 Å². The number of nitrogens with zero attached hydrogens (tertiary/aromatic N) is 1. The summed E-state index contributed by atoms with van der Waals surface area (Å²) < 4.78 is 37.2. The van der Waals surface area contributed by atoms with Gasteiger partial charge in [-0.25, -0.2) is 8.78 Å². The standard InChI is InChI=1S/C18H18F2N2O4/c1-22(2)18(24)12-8-15(25-3)16(26-4)9-14(12)21-17(23)11-6-5-10(19)7-13(11)20/h5-9H,1-4H3,(H,21,23). The molecule has 2 aromatic carbocycles. The van der Waals surface area contributed by atoms with Crippen molar-refractivity contribution in [1.82, 2.24) is 4.90 Å². The van der Waals surface area contributed by atoms with Gasteiger partial charge in [-0.15, -0.1) is 0 Å². The average Bonchev–Trinajstić information content (AvgIpc) is 2.60. The molecule has 8 heteroatoms. The van der Waals surface area contributed by atoms with Gasteiger partial charge in [0.1, 0.15) is 11.6 Å². The molecule has 0 saturated heterocycles. The molecular formula is C18H18F2N2O4. The van der Waals surface area contributed by atoms with Crippen molar-refractivity contribution < 1.29 is 27.8 Å². The lowest BCUT2D eigenvalue weighted by Crippen LogP contribution is -2.24. The van der Waals surface area contributed by atoms with Crippen LogP contribution in [0.25, 0.3) is 0 Å². The number of hydrogen-bond acceptors (Lipinski definition) is 4. The van der Waals surface area contributed by atoms with E-state index in [-0.39, 0.29) is 22.6 Å². The van der Waals surface area contributed by atoms with Crippen molar-refractivity contribution in [3.63, 3.8) is 0 Å². The van der Waals surface area contributed by atoms with Gasteiger partial charge in [0.05, 0.1) is 31.0 Å². The Morgan fingerprint density at radius 1 is 0.962 bits per heavy atom. The van der Waals surface area contributed by atoms with E-state index in [0.29, 0.717) is 11.8 Å². The molecule has 0 heterocycles. The Morgan fingerprint density at radius 3 is 2.12 bits per heavy atom. The number of rotatable bonds is 5. The van der Waals surface area contributed by atoms with Crippen LogP contribution in [0.3, 0.4) is 0 Å². The topological polar surface area (TPSA) is 67.9 Å². The first kappa shape index (κ1) is 19.2. The maximum absolute atomic E-state index is 13.8. The quantitative estimate of drug-likeness (QED) is 0.886. The molecule has 0 aliphatic carbocycles. The first-order valence-corrected chi connectivity index (χ1v) is 7.52. The van der Waals surface area contributed by atoms with Crippen molar-refractivity contribution in [2.75, 3.05) is 33.6 Å². The lowest BCUT2D eigenvalue weighted by atomic mass is 10.1. The molecule has 0 aliphatic heterocycles. The number of hydrogen-bond donors (Lipinski definition) is 1. The number of nitrogens with one attached hydrogen (secondary N) is 1. The van der Waals surface area contributed by atoms with E-state index in [1.165, 1.54) is 31.3 Å². The molecule has 0 fully saturated rings. The molecule has 0 spiro atoms. The van der Waals surface area contributed by atoms with Crippen LogP contribution in [-0.4, -0.2) is 45.0 Å². The van der Waals surface area contributed by atoms with Gasteiger partial charge in [0.25, 0.3) is 11.8 Å². The van der Waals surface area contributed by atoms with Crippen LogP contribution in [0.2, 0.25) is 0 Å². The fourth-order valence-electron chi connectivity index (χ4n) is 2.26. The highest BCUT2D eigenvalue weighted by Crippen LogP contribution is 2.34. The molecule has 2 rings (SSSR count). The molecule has 0 aromatic heterocycles. The SMILES string of the molecule is COc1cc(NC(=O)c2ccc(F)cc2F)c(C(=O)N(C)C)cc1OC. The molecule has 0 bridgehead atoms. The van der Waals surface area contributed by atoms with E-state index in [0.717, 1.165) is 12.1 Å². The molecule has 26 heavy (non-hydrogen) atoms. The normalized spacial score (nSPS) is 10.2. The van der Waals surface area contributed by atoms with E-state index in [4.69, 9.17) is 9.47 Å². The summed E-state index contributed by atoms with van der Waals surface area (Å²) in [6, 6.07) is 5.41. The van der Waals surface area contributed by atoms with Gasteiger partial charge in [-0.2, -0.15) is 0 Å². The highest BCUT2D eigenvalue weighted by Gasteiger charge is 2.21. The fourth-order valence-corrected chi connectivity index (χ4v) is 2.26. The maximum atomic E-state index is 13.8. The number of ether oxygens (including phenoxy) is 2. The van der Waals surface area contributed by atoms with Gasteiger partial charge >= 0.3 is 0 Å². The summed E-state index contributed by atoms with van der Waals surface area (Å²) in [5.74, 6) is -2.47. The number of methoxy groups -OCH3 is 2. The second-order valence-electron chi connectivity index (χ2n) is 5.53. The summed E-state index contributed by atoms with van der Waals surface area (Å²) in [6.45, 7) is 0. The second-order valence-corrected chi connectivity index (χ2v) is 5.53. The van der Waals surface area contributed by atoms with E-state index in [2.05, 4.69) is 5.32 Å². The number of benzene rings is 2. The molecule has 0 saturated carbocycles. The molecule has 1 N–H and O–H groups in total. The van der Waals surface area contributed by atoms with E-state index in [9.17, 15) is 18.4 Å². The van der Waals surface area contributed by atoms with Gasteiger partial charge in [-0.05, 0) is 18.2 Å². The van der Waals surface area contributed by atoms with Gasteiger partial charge in [-0.3, -0.25) is 9.59 Å². The predicted molar refractivity (Wildman–Crippen MR) is 91.9 cm³/mol. The summed E-state index contributed by atoms with van der Waals surface area (Å²) in [5.41, 5.74) is -0.122. The summed E-state index contributed by atoms with van der Waals surface area (Å²) in [7, 11) is 5.90. The Bertz CT molecular complexity index is 853. The lowest BCUT2D eigenvalue weighted by Gasteiger charge is -2.18. The molecule has 0 aliphatic rings. The molecule has 2 aromatic rings.